The molecule has 1 saturated heterocycles. The Labute approximate surface area is 133 Å². The molecular formula is C15H20N4S2. The molecule has 0 amide bonds. The van der Waals surface area contributed by atoms with Crippen LogP contribution in [0.1, 0.15) is 48.3 Å². The van der Waals surface area contributed by atoms with Crippen molar-refractivity contribution in [2.24, 2.45) is 0 Å². The Morgan fingerprint density at radius 2 is 2.19 bits per heavy atom. The van der Waals surface area contributed by atoms with Crippen LogP contribution < -0.4 is 5.32 Å². The van der Waals surface area contributed by atoms with Gasteiger partial charge in [0.1, 0.15) is 5.82 Å². The van der Waals surface area contributed by atoms with Crippen molar-refractivity contribution in [1.29, 1.82) is 0 Å². The van der Waals surface area contributed by atoms with Crippen LogP contribution in [0.2, 0.25) is 0 Å². The topological polar surface area (TPSA) is 41.1 Å². The first-order chi connectivity index (χ1) is 10.4. The van der Waals surface area contributed by atoms with E-state index in [4.69, 9.17) is 0 Å². The highest BCUT2D eigenvalue weighted by molar-refractivity contribution is 7.10. The van der Waals surface area contributed by atoms with Crippen molar-refractivity contribution in [1.82, 2.24) is 14.3 Å². The van der Waals surface area contributed by atoms with Gasteiger partial charge in [-0.3, -0.25) is 4.90 Å². The van der Waals surface area contributed by atoms with Crippen LogP contribution in [0.25, 0.3) is 0 Å². The molecular weight excluding hydrogens is 300 g/mol. The van der Waals surface area contributed by atoms with E-state index < -0.39 is 0 Å². The third kappa shape index (κ3) is 3.12. The van der Waals surface area contributed by atoms with Crippen molar-refractivity contribution in [3.63, 3.8) is 0 Å². The number of anilines is 1. The number of nitrogens with zero attached hydrogens (tertiary/aromatic N) is 3. The summed E-state index contributed by atoms with van der Waals surface area (Å²) in [5.41, 5.74) is 0. The van der Waals surface area contributed by atoms with Gasteiger partial charge in [0.25, 0.3) is 0 Å². The Morgan fingerprint density at radius 3 is 2.90 bits per heavy atom. The highest BCUT2D eigenvalue weighted by Gasteiger charge is 2.28. The standard InChI is InChI=1S/C15H20N4S2/c1-2-8-19(7-1)12(13-4-3-9-20-13)10-16-15-17-14(18-21-15)11-5-6-11/h3-4,9,11-12H,1-2,5-8,10H2,(H,16,17,18). The molecule has 1 unspecified atom stereocenters. The molecule has 6 heteroatoms. The van der Waals surface area contributed by atoms with Crippen LogP contribution in [-0.4, -0.2) is 33.9 Å². The zero-order valence-corrected chi connectivity index (χ0v) is 13.6. The third-order valence-electron chi connectivity index (χ3n) is 4.28. The lowest BCUT2D eigenvalue weighted by Gasteiger charge is -2.26. The van der Waals surface area contributed by atoms with Gasteiger partial charge in [0.15, 0.2) is 0 Å². The van der Waals surface area contributed by atoms with Gasteiger partial charge in [0.05, 0.1) is 6.04 Å². The average Bonchev–Trinajstić information content (AvgIpc) is 2.96. The second-order valence-corrected chi connectivity index (χ2v) is 7.62. The molecule has 4 rings (SSSR count). The summed E-state index contributed by atoms with van der Waals surface area (Å²) in [6.07, 6.45) is 5.18. The fourth-order valence-electron chi connectivity index (χ4n) is 2.94. The Balaban J connectivity index is 1.43. The van der Waals surface area contributed by atoms with Crippen LogP contribution >= 0.6 is 22.9 Å². The van der Waals surface area contributed by atoms with Gasteiger partial charge >= 0.3 is 0 Å². The Morgan fingerprint density at radius 1 is 1.33 bits per heavy atom. The lowest BCUT2D eigenvalue weighted by molar-refractivity contribution is 0.259. The van der Waals surface area contributed by atoms with E-state index in [9.17, 15) is 0 Å². The summed E-state index contributed by atoms with van der Waals surface area (Å²) in [6.45, 7) is 3.36. The van der Waals surface area contributed by atoms with Gasteiger partial charge in [-0.25, -0.2) is 4.98 Å². The van der Waals surface area contributed by atoms with Crippen LogP contribution in [0.4, 0.5) is 5.13 Å². The van der Waals surface area contributed by atoms with Crippen LogP contribution in [0, 0.1) is 0 Å². The number of aromatic nitrogens is 2. The van der Waals surface area contributed by atoms with E-state index in [1.807, 2.05) is 11.3 Å². The Kier molecular flexibility index (Phi) is 3.92. The van der Waals surface area contributed by atoms with Gasteiger partial charge < -0.3 is 5.32 Å². The zero-order valence-electron chi connectivity index (χ0n) is 12.0. The van der Waals surface area contributed by atoms with Crippen LogP contribution in [0.3, 0.4) is 0 Å². The molecule has 1 aliphatic heterocycles. The molecule has 3 heterocycles. The first kappa shape index (κ1) is 13.7. The molecule has 2 aromatic heterocycles. The first-order valence-corrected chi connectivity index (χ1v) is 9.40. The van der Waals surface area contributed by atoms with Crippen molar-refractivity contribution in [2.75, 3.05) is 25.0 Å². The number of hydrogen-bond acceptors (Lipinski definition) is 6. The van der Waals surface area contributed by atoms with Crippen LogP contribution in [-0.2, 0) is 0 Å². The molecule has 2 aromatic rings. The molecule has 1 N–H and O–H groups in total. The van der Waals surface area contributed by atoms with Gasteiger partial charge in [0.2, 0.25) is 5.13 Å². The van der Waals surface area contributed by atoms with E-state index in [2.05, 4.69) is 37.1 Å². The number of likely N-dealkylation sites (tertiary alicyclic amines) is 1. The normalized spacial score (nSPS) is 20.8. The molecule has 1 atom stereocenters. The SMILES string of the molecule is c1csc(C(CNc2nc(C3CC3)ns2)N2CCCC2)c1. The van der Waals surface area contributed by atoms with E-state index in [0.29, 0.717) is 12.0 Å². The molecule has 2 fully saturated rings. The first-order valence-electron chi connectivity index (χ1n) is 7.75. The molecule has 21 heavy (non-hydrogen) atoms. The minimum atomic E-state index is 0.473. The highest BCUT2D eigenvalue weighted by atomic mass is 32.1. The number of thiophene rings is 1. The van der Waals surface area contributed by atoms with E-state index in [1.54, 1.807) is 0 Å². The number of rotatable bonds is 6. The second kappa shape index (κ2) is 6.02. The van der Waals surface area contributed by atoms with E-state index in [1.165, 1.54) is 55.2 Å². The van der Waals surface area contributed by atoms with Crippen molar-refractivity contribution in [3.05, 3.63) is 28.2 Å². The largest absolute Gasteiger partial charge is 0.358 e. The minimum Gasteiger partial charge on any atom is -0.358 e. The maximum Gasteiger partial charge on any atom is 0.202 e. The van der Waals surface area contributed by atoms with Crippen molar-refractivity contribution in [2.45, 2.75) is 37.6 Å². The van der Waals surface area contributed by atoms with Gasteiger partial charge in [0, 0.05) is 28.9 Å². The predicted octanol–water partition coefficient (Wildman–Crippen LogP) is 3.73. The molecule has 1 saturated carbocycles. The summed E-state index contributed by atoms with van der Waals surface area (Å²) < 4.78 is 4.47. The van der Waals surface area contributed by atoms with Crippen LogP contribution in [0.5, 0.6) is 0 Å². The summed E-state index contributed by atoms with van der Waals surface area (Å²) in [5.74, 6) is 1.69. The van der Waals surface area contributed by atoms with Crippen molar-refractivity contribution < 1.29 is 0 Å². The fraction of sp³-hybridized carbons (Fsp3) is 0.600. The summed E-state index contributed by atoms with van der Waals surface area (Å²) in [7, 11) is 0. The van der Waals surface area contributed by atoms with Gasteiger partial charge in [-0.05, 0) is 50.2 Å². The zero-order chi connectivity index (χ0) is 14.1. The fourth-order valence-corrected chi connectivity index (χ4v) is 4.45. The maximum absolute atomic E-state index is 4.63. The van der Waals surface area contributed by atoms with Crippen molar-refractivity contribution in [3.8, 4) is 0 Å². The average molecular weight is 320 g/mol. The molecule has 0 spiro atoms. The van der Waals surface area contributed by atoms with E-state index in [0.717, 1.165) is 17.5 Å². The van der Waals surface area contributed by atoms with Gasteiger partial charge in [-0.1, -0.05) is 6.07 Å². The lowest BCUT2D eigenvalue weighted by Crippen LogP contribution is -2.30. The predicted molar refractivity (Wildman–Crippen MR) is 88.2 cm³/mol. The third-order valence-corrected chi connectivity index (χ3v) is 5.94. The molecule has 0 radical (unpaired) electrons. The number of hydrogen-bond donors (Lipinski definition) is 1. The monoisotopic (exact) mass is 320 g/mol. The molecule has 0 bridgehead atoms. The maximum atomic E-state index is 4.63. The second-order valence-electron chi connectivity index (χ2n) is 5.89. The molecule has 2 aliphatic rings. The molecule has 112 valence electrons. The molecule has 0 aromatic carbocycles. The Hall–Kier alpha value is -0.980. The summed E-state index contributed by atoms with van der Waals surface area (Å²) in [4.78, 5) is 8.69. The highest BCUT2D eigenvalue weighted by Crippen LogP contribution is 2.39. The smallest absolute Gasteiger partial charge is 0.202 e. The van der Waals surface area contributed by atoms with Crippen molar-refractivity contribution >= 4 is 28.0 Å². The van der Waals surface area contributed by atoms with Gasteiger partial charge in [-0.2, -0.15) is 4.37 Å². The van der Waals surface area contributed by atoms with E-state index in [-0.39, 0.29) is 0 Å². The van der Waals surface area contributed by atoms with Crippen LogP contribution in [0.15, 0.2) is 17.5 Å². The lowest BCUT2D eigenvalue weighted by atomic mass is 10.2. The summed E-state index contributed by atoms with van der Waals surface area (Å²) >= 11 is 3.37. The minimum absolute atomic E-state index is 0.473. The molecule has 1 aliphatic carbocycles. The summed E-state index contributed by atoms with van der Waals surface area (Å²) in [6, 6.07) is 4.88. The molecule has 4 nitrogen and oxygen atoms in total. The van der Waals surface area contributed by atoms with E-state index >= 15 is 0 Å². The van der Waals surface area contributed by atoms with Gasteiger partial charge in [-0.15, -0.1) is 11.3 Å². The Bertz CT molecular complexity index is 570. The number of nitrogens with one attached hydrogen (secondary N) is 1. The summed E-state index contributed by atoms with van der Waals surface area (Å²) in [5, 5.41) is 6.68. The quantitative estimate of drug-likeness (QED) is 0.880.